The number of anilines is 1. The van der Waals surface area contributed by atoms with Gasteiger partial charge in [-0.1, -0.05) is 38.0 Å². The van der Waals surface area contributed by atoms with Gasteiger partial charge in [-0.15, -0.1) is 0 Å². The number of para-hydroxylation sites is 1. The predicted octanol–water partition coefficient (Wildman–Crippen LogP) is 3.86. The molecule has 0 bridgehead atoms. The van der Waals surface area contributed by atoms with Gasteiger partial charge in [0.25, 0.3) is 0 Å². The highest BCUT2D eigenvalue weighted by Crippen LogP contribution is 2.45. The van der Waals surface area contributed by atoms with E-state index in [9.17, 15) is 4.79 Å². The van der Waals surface area contributed by atoms with E-state index in [1.54, 1.807) is 0 Å². The van der Waals surface area contributed by atoms with Crippen molar-refractivity contribution in [3.05, 3.63) is 29.3 Å². The zero-order valence-electron chi connectivity index (χ0n) is 11.2. The summed E-state index contributed by atoms with van der Waals surface area (Å²) in [4.78, 5) is 12.3. The number of hydrogen-bond acceptors (Lipinski definition) is 1. The second-order valence-corrected chi connectivity index (χ2v) is 6.04. The molecular formula is C16H21NO. The monoisotopic (exact) mass is 243 g/mol. The maximum absolute atomic E-state index is 12.3. The molecular weight excluding hydrogens is 222 g/mol. The summed E-state index contributed by atoms with van der Waals surface area (Å²) in [5.41, 5.74) is 3.50. The molecule has 18 heavy (non-hydrogen) atoms. The summed E-state index contributed by atoms with van der Waals surface area (Å²) in [7, 11) is 0. The lowest BCUT2D eigenvalue weighted by atomic mass is 9.73. The molecule has 1 saturated carbocycles. The Balaban J connectivity index is 1.94. The van der Waals surface area contributed by atoms with Crippen molar-refractivity contribution >= 4 is 11.6 Å². The highest BCUT2D eigenvalue weighted by molar-refractivity contribution is 6.03. The predicted molar refractivity (Wildman–Crippen MR) is 73.7 cm³/mol. The molecule has 2 nitrogen and oxygen atoms in total. The normalized spacial score (nSPS) is 31.0. The summed E-state index contributed by atoms with van der Waals surface area (Å²) in [6, 6.07) is 6.28. The maximum Gasteiger partial charge on any atom is 0.232 e. The van der Waals surface area contributed by atoms with Crippen molar-refractivity contribution in [3.63, 3.8) is 0 Å². The summed E-state index contributed by atoms with van der Waals surface area (Å²) < 4.78 is 0. The Morgan fingerprint density at radius 1 is 1.28 bits per heavy atom. The molecule has 0 aromatic heterocycles. The van der Waals surface area contributed by atoms with Gasteiger partial charge in [0, 0.05) is 5.69 Å². The molecule has 1 heterocycles. The van der Waals surface area contributed by atoms with Gasteiger partial charge in [-0.05, 0) is 42.7 Å². The van der Waals surface area contributed by atoms with Crippen LogP contribution >= 0.6 is 0 Å². The van der Waals surface area contributed by atoms with Gasteiger partial charge in [-0.2, -0.15) is 0 Å². The molecule has 0 saturated heterocycles. The van der Waals surface area contributed by atoms with Crippen LogP contribution in [0.3, 0.4) is 0 Å². The molecule has 0 spiro atoms. The molecule has 1 fully saturated rings. The summed E-state index contributed by atoms with van der Waals surface area (Å²) in [5, 5.41) is 3.09. The van der Waals surface area contributed by atoms with Gasteiger partial charge in [-0.25, -0.2) is 0 Å². The summed E-state index contributed by atoms with van der Waals surface area (Å²) >= 11 is 0. The van der Waals surface area contributed by atoms with Crippen LogP contribution in [0.2, 0.25) is 0 Å². The molecule has 3 unspecified atom stereocenters. The third-order valence-corrected chi connectivity index (χ3v) is 4.62. The zero-order valence-corrected chi connectivity index (χ0v) is 11.2. The first-order valence-electron chi connectivity index (χ1n) is 7.07. The van der Waals surface area contributed by atoms with Gasteiger partial charge in [0.2, 0.25) is 5.91 Å². The third kappa shape index (κ3) is 1.84. The highest BCUT2D eigenvalue weighted by Gasteiger charge is 2.38. The number of aryl methyl sites for hydroxylation is 1. The molecule has 1 aliphatic heterocycles. The highest BCUT2D eigenvalue weighted by atomic mass is 16.2. The molecule has 1 aliphatic carbocycles. The number of hydrogen-bond donors (Lipinski definition) is 1. The topological polar surface area (TPSA) is 29.1 Å². The first-order valence-corrected chi connectivity index (χ1v) is 7.07. The molecule has 3 atom stereocenters. The first-order chi connectivity index (χ1) is 8.66. The fraction of sp³-hybridized carbons (Fsp3) is 0.562. The lowest BCUT2D eigenvalue weighted by Gasteiger charge is -2.30. The molecule has 0 radical (unpaired) electrons. The van der Waals surface area contributed by atoms with Crippen molar-refractivity contribution in [2.24, 2.45) is 11.8 Å². The maximum atomic E-state index is 12.3. The summed E-state index contributed by atoms with van der Waals surface area (Å²) in [6.45, 7) is 4.39. The lowest BCUT2D eigenvalue weighted by Crippen LogP contribution is -2.25. The van der Waals surface area contributed by atoms with E-state index in [4.69, 9.17) is 0 Å². The van der Waals surface area contributed by atoms with Crippen LogP contribution in [0, 0.1) is 18.8 Å². The van der Waals surface area contributed by atoms with Gasteiger partial charge < -0.3 is 5.32 Å². The van der Waals surface area contributed by atoms with Gasteiger partial charge in [0.05, 0.1) is 5.92 Å². The summed E-state index contributed by atoms with van der Waals surface area (Å²) in [5.74, 6) is 1.63. The molecule has 1 aromatic rings. The standard InChI is InChI=1S/C16H21NO/c1-10-5-3-7-12(9-10)14-13-8-4-6-11(2)15(13)17-16(14)18/h4,6,8,10,12,14H,3,5,7,9H2,1-2H3,(H,17,18). The van der Waals surface area contributed by atoms with E-state index in [-0.39, 0.29) is 11.8 Å². The zero-order chi connectivity index (χ0) is 12.7. The molecule has 1 aromatic carbocycles. The fourth-order valence-electron chi connectivity index (χ4n) is 3.71. The van der Waals surface area contributed by atoms with Crippen LogP contribution in [0.4, 0.5) is 5.69 Å². The minimum atomic E-state index is 0.0997. The Labute approximate surface area is 109 Å². The molecule has 3 rings (SSSR count). The Bertz CT molecular complexity index is 480. The van der Waals surface area contributed by atoms with E-state index < -0.39 is 0 Å². The van der Waals surface area contributed by atoms with Crippen molar-refractivity contribution in [2.75, 3.05) is 5.32 Å². The van der Waals surface area contributed by atoms with Crippen LogP contribution in [0.15, 0.2) is 18.2 Å². The Morgan fingerprint density at radius 3 is 2.89 bits per heavy atom. The van der Waals surface area contributed by atoms with Crippen LogP contribution in [0.5, 0.6) is 0 Å². The second-order valence-electron chi connectivity index (χ2n) is 6.04. The fourth-order valence-corrected chi connectivity index (χ4v) is 3.71. The van der Waals surface area contributed by atoms with E-state index in [0.717, 1.165) is 11.6 Å². The Hall–Kier alpha value is -1.31. The van der Waals surface area contributed by atoms with E-state index >= 15 is 0 Å². The van der Waals surface area contributed by atoms with Gasteiger partial charge in [0.1, 0.15) is 0 Å². The molecule has 1 N–H and O–H groups in total. The largest absolute Gasteiger partial charge is 0.325 e. The van der Waals surface area contributed by atoms with Crippen LogP contribution < -0.4 is 5.32 Å². The van der Waals surface area contributed by atoms with Gasteiger partial charge in [0.15, 0.2) is 0 Å². The quantitative estimate of drug-likeness (QED) is 0.797. The smallest absolute Gasteiger partial charge is 0.232 e. The molecule has 96 valence electrons. The lowest BCUT2D eigenvalue weighted by molar-refractivity contribution is -0.118. The van der Waals surface area contributed by atoms with Crippen molar-refractivity contribution in [2.45, 2.75) is 45.4 Å². The van der Waals surface area contributed by atoms with Crippen LogP contribution in [-0.4, -0.2) is 5.91 Å². The number of carbonyl (C=O) groups is 1. The number of fused-ring (bicyclic) bond motifs is 1. The average molecular weight is 243 g/mol. The van der Waals surface area contributed by atoms with Gasteiger partial charge in [-0.3, -0.25) is 4.79 Å². The van der Waals surface area contributed by atoms with Crippen LogP contribution in [-0.2, 0) is 4.79 Å². The molecule has 2 heteroatoms. The average Bonchev–Trinajstić information content (AvgIpc) is 2.67. The Kier molecular flexibility index (Phi) is 2.89. The first kappa shape index (κ1) is 11.8. The minimum absolute atomic E-state index is 0.0997. The van der Waals surface area contributed by atoms with E-state index in [1.165, 1.54) is 36.8 Å². The number of nitrogens with one attached hydrogen (secondary N) is 1. The SMILES string of the molecule is Cc1cccc2c1NC(=O)C2C1CCCC(C)C1. The number of amides is 1. The molecule has 1 amide bonds. The van der Waals surface area contributed by atoms with Crippen molar-refractivity contribution < 1.29 is 4.79 Å². The van der Waals surface area contributed by atoms with Crippen LogP contribution in [0.1, 0.15) is 49.7 Å². The minimum Gasteiger partial charge on any atom is -0.325 e. The number of benzene rings is 1. The second kappa shape index (κ2) is 4.42. The Morgan fingerprint density at radius 2 is 2.11 bits per heavy atom. The molecule has 2 aliphatic rings. The summed E-state index contributed by atoms with van der Waals surface area (Å²) in [6.07, 6.45) is 5.00. The number of carbonyl (C=O) groups excluding carboxylic acids is 1. The van der Waals surface area contributed by atoms with Crippen molar-refractivity contribution in [3.8, 4) is 0 Å². The van der Waals surface area contributed by atoms with E-state index in [1.807, 2.05) is 0 Å². The number of rotatable bonds is 1. The van der Waals surface area contributed by atoms with E-state index in [2.05, 4.69) is 37.4 Å². The van der Waals surface area contributed by atoms with Gasteiger partial charge >= 0.3 is 0 Å². The van der Waals surface area contributed by atoms with Crippen molar-refractivity contribution in [1.82, 2.24) is 0 Å². The third-order valence-electron chi connectivity index (χ3n) is 4.62. The van der Waals surface area contributed by atoms with E-state index in [0.29, 0.717) is 5.92 Å². The van der Waals surface area contributed by atoms with Crippen LogP contribution in [0.25, 0.3) is 0 Å². The van der Waals surface area contributed by atoms with Crippen molar-refractivity contribution in [1.29, 1.82) is 0 Å².